The number of hydrogen-bond donors (Lipinski definition) is 3. The summed E-state index contributed by atoms with van der Waals surface area (Å²) in [5, 5.41) is 8.09. The van der Waals surface area contributed by atoms with Crippen LogP contribution in [0.3, 0.4) is 0 Å². The quantitative estimate of drug-likeness (QED) is 0.720. The van der Waals surface area contributed by atoms with Gasteiger partial charge in [0.25, 0.3) is 0 Å². The number of carbonyl (C=O) groups is 3. The molecule has 0 saturated heterocycles. The van der Waals surface area contributed by atoms with Gasteiger partial charge in [0.1, 0.15) is 11.6 Å². The summed E-state index contributed by atoms with van der Waals surface area (Å²) in [4.78, 5) is 35.7. The van der Waals surface area contributed by atoms with Crippen LogP contribution >= 0.6 is 0 Å². The fraction of sp³-hybridized carbons (Fsp3) is 0.526. The minimum atomic E-state index is -0.718. The van der Waals surface area contributed by atoms with Crippen molar-refractivity contribution in [1.29, 1.82) is 0 Å². The van der Waals surface area contributed by atoms with Crippen LogP contribution in [0.2, 0.25) is 0 Å². The zero-order valence-electron chi connectivity index (χ0n) is 16.3. The lowest BCUT2D eigenvalue weighted by molar-refractivity contribution is -0.119. The molecule has 2 unspecified atom stereocenters. The SMILES string of the molecule is CCC(C)C(NC(=O)OC(C)(C)C)C(=O)Nc1ccc(NC(C)=O)cc1. The predicted molar refractivity (Wildman–Crippen MR) is 102 cm³/mol. The molecule has 3 amide bonds. The molecular weight excluding hydrogens is 334 g/mol. The largest absolute Gasteiger partial charge is 0.444 e. The van der Waals surface area contributed by atoms with Crippen molar-refractivity contribution in [2.24, 2.45) is 5.92 Å². The smallest absolute Gasteiger partial charge is 0.408 e. The molecule has 0 saturated carbocycles. The number of alkyl carbamates (subject to hydrolysis) is 1. The molecule has 1 aromatic rings. The lowest BCUT2D eigenvalue weighted by Crippen LogP contribution is -2.49. The molecule has 0 bridgehead atoms. The summed E-state index contributed by atoms with van der Waals surface area (Å²) >= 11 is 0. The number of rotatable bonds is 6. The molecule has 0 radical (unpaired) electrons. The Balaban J connectivity index is 2.79. The van der Waals surface area contributed by atoms with Gasteiger partial charge >= 0.3 is 6.09 Å². The van der Waals surface area contributed by atoms with Crippen molar-refractivity contribution in [2.75, 3.05) is 10.6 Å². The van der Waals surface area contributed by atoms with Crippen molar-refractivity contribution in [3.8, 4) is 0 Å². The first kappa shape index (κ1) is 21.5. The van der Waals surface area contributed by atoms with Crippen LogP contribution in [0.25, 0.3) is 0 Å². The second-order valence-electron chi connectivity index (χ2n) is 7.26. The molecule has 0 aliphatic carbocycles. The molecule has 0 heterocycles. The van der Waals surface area contributed by atoms with E-state index in [1.165, 1.54) is 6.92 Å². The fourth-order valence-corrected chi connectivity index (χ4v) is 2.20. The van der Waals surface area contributed by atoms with Crippen LogP contribution in [-0.4, -0.2) is 29.6 Å². The molecule has 26 heavy (non-hydrogen) atoms. The Morgan fingerprint density at radius 1 is 1.04 bits per heavy atom. The van der Waals surface area contributed by atoms with Gasteiger partial charge in [-0.2, -0.15) is 0 Å². The maximum atomic E-state index is 12.6. The van der Waals surface area contributed by atoms with Crippen LogP contribution in [0.5, 0.6) is 0 Å². The van der Waals surface area contributed by atoms with Crippen LogP contribution in [-0.2, 0) is 14.3 Å². The van der Waals surface area contributed by atoms with Gasteiger partial charge in [-0.15, -0.1) is 0 Å². The first-order valence-corrected chi connectivity index (χ1v) is 8.70. The van der Waals surface area contributed by atoms with Gasteiger partial charge in [-0.05, 0) is 51.0 Å². The van der Waals surface area contributed by atoms with E-state index in [1.54, 1.807) is 45.0 Å². The van der Waals surface area contributed by atoms with Gasteiger partial charge in [-0.3, -0.25) is 9.59 Å². The molecule has 0 spiro atoms. The third-order valence-corrected chi connectivity index (χ3v) is 3.64. The average Bonchev–Trinajstić information content (AvgIpc) is 2.51. The van der Waals surface area contributed by atoms with Crippen LogP contribution in [0.15, 0.2) is 24.3 Å². The lowest BCUT2D eigenvalue weighted by Gasteiger charge is -2.26. The van der Waals surface area contributed by atoms with Gasteiger partial charge in [0.2, 0.25) is 11.8 Å². The molecule has 0 aromatic heterocycles. The molecule has 1 aromatic carbocycles. The third-order valence-electron chi connectivity index (χ3n) is 3.64. The maximum Gasteiger partial charge on any atom is 0.408 e. The molecule has 3 N–H and O–H groups in total. The fourth-order valence-electron chi connectivity index (χ4n) is 2.20. The van der Waals surface area contributed by atoms with E-state index >= 15 is 0 Å². The van der Waals surface area contributed by atoms with Crippen LogP contribution in [0, 0.1) is 5.92 Å². The molecule has 2 atom stereocenters. The van der Waals surface area contributed by atoms with E-state index in [4.69, 9.17) is 4.74 Å². The zero-order chi connectivity index (χ0) is 19.9. The van der Waals surface area contributed by atoms with E-state index in [-0.39, 0.29) is 17.7 Å². The number of hydrogen-bond acceptors (Lipinski definition) is 4. The van der Waals surface area contributed by atoms with Gasteiger partial charge in [-0.25, -0.2) is 4.79 Å². The summed E-state index contributed by atoms with van der Waals surface area (Å²) in [5.41, 5.74) is 0.573. The topological polar surface area (TPSA) is 96.5 Å². The highest BCUT2D eigenvalue weighted by atomic mass is 16.6. The van der Waals surface area contributed by atoms with Gasteiger partial charge in [0, 0.05) is 18.3 Å². The normalized spacial score (nSPS) is 13.3. The van der Waals surface area contributed by atoms with Crippen molar-refractivity contribution in [2.45, 2.75) is 59.6 Å². The van der Waals surface area contributed by atoms with Gasteiger partial charge in [0.15, 0.2) is 0 Å². The first-order chi connectivity index (χ1) is 12.0. The number of nitrogens with one attached hydrogen (secondary N) is 3. The van der Waals surface area contributed by atoms with Crippen LogP contribution < -0.4 is 16.0 Å². The highest BCUT2D eigenvalue weighted by Gasteiger charge is 2.28. The second-order valence-corrected chi connectivity index (χ2v) is 7.26. The highest BCUT2D eigenvalue weighted by Crippen LogP contribution is 2.16. The molecule has 0 fully saturated rings. The maximum absolute atomic E-state index is 12.6. The molecule has 7 heteroatoms. The number of anilines is 2. The zero-order valence-corrected chi connectivity index (χ0v) is 16.3. The highest BCUT2D eigenvalue weighted by molar-refractivity contribution is 5.97. The van der Waals surface area contributed by atoms with Crippen molar-refractivity contribution in [1.82, 2.24) is 5.32 Å². The summed E-state index contributed by atoms with van der Waals surface area (Å²) in [6.07, 6.45) is 0.0916. The Labute approximate surface area is 154 Å². The average molecular weight is 363 g/mol. The van der Waals surface area contributed by atoms with E-state index in [0.717, 1.165) is 6.42 Å². The van der Waals surface area contributed by atoms with Crippen molar-refractivity contribution < 1.29 is 19.1 Å². The Morgan fingerprint density at radius 3 is 1.96 bits per heavy atom. The Kier molecular flexibility index (Phi) is 7.61. The molecule has 144 valence electrons. The van der Waals surface area contributed by atoms with Gasteiger partial charge in [-0.1, -0.05) is 20.3 Å². The second kappa shape index (κ2) is 9.22. The van der Waals surface area contributed by atoms with Gasteiger partial charge in [0.05, 0.1) is 0 Å². The van der Waals surface area contributed by atoms with Crippen LogP contribution in [0.1, 0.15) is 48.0 Å². The summed E-state index contributed by atoms with van der Waals surface area (Å²) in [6.45, 7) is 10.6. The number of ether oxygens (including phenoxy) is 1. The monoisotopic (exact) mass is 363 g/mol. The first-order valence-electron chi connectivity index (χ1n) is 8.70. The number of carbonyl (C=O) groups excluding carboxylic acids is 3. The van der Waals surface area contributed by atoms with E-state index < -0.39 is 17.7 Å². The molecule has 0 aliphatic rings. The van der Waals surface area contributed by atoms with Crippen molar-refractivity contribution >= 4 is 29.3 Å². The Bertz CT molecular complexity index is 635. The Hall–Kier alpha value is -2.57. The van der Waals surface area contributed by atoms with E-state index in [0.29, 0.717) is 11.4 Å². The van der Waals surface area contributed by atoms with Crippen LogP contribution in [0.4, 0.5) is 16.2 Å². The molecule has 0 aliphatic heterocycles. The minimum Gasteiger partial charge on any atom is -0.444 e. The standard InChI is InChI=1S/C19H29N3O4/c1-7-12(2)16(22-18(25)26-19(4,5)6)17(24)21-15-10-8-14(9-11-15)20-13(3)23/h8-12,16H,7H2,1-6H3,(H,20,23)(H,21,24)(H,22,25). The summed E-state index contributed by atoms with van der Waals surface area (Å²) in [7, 11) is 0. The number of amides is 3. The predicted octanol–water partition coefficient (Wildman–Crippen LogP) is 3.52. The molecular formula is C19H29N3O4. The van der Waals surface area contributed by atoms with Crippen molar-refractivity contribution in [3.63, 3.8) is 0 Å². The third kappa shape index (κ3) is 7.55. The summed E-state index contributed by atoms with van der Waals surface area (Å²) in [6, 6.07) is 6.03. The minimum absolute atomic E-state index is 0.0684. The van der Waals surface area contributed by atoms with Crippen molar-refractivity contribution in [3.05, 3.63) is 24.3 Å². The Morgan fingerprint density at radius 2 is 1.54 bits per heavy atom. The number of benzene rings is 1. The lowest BCUT2D eigenvalue weighted by atomic mass is 9.98. The summed E-state index contributed by atoms with van der Waals surface area (Å²) in [5.74, 6) is -0.557. The molecule has 1 rings (SSSR count). The van der Waals surface area contributed by atoms with E-state index in [2.05, 4.69) is 16.0 Å². The summed E-state index contributed by atoms with van der Waals surface area (Å²) < 4.78 is 5.25. The van der Waals surface area contributed by atoms with Gasteiger partial charge < -0.3 is 20.7 Å². The van der Waals surface area contributed by atoms with E-state index in [1.807, 2.05) is 13.8 Å². The molecule has 7 nitrogen and oxygen atoms in total. The van der Waals surface area contributed by atoms with E-state index in [9.17, 15) is 14.4 Å².